The minimum atomic E-state index is -0.548. The monoisotopic (exact) mass is 452 g/mol. The summed E-state index contributed by atoms with van der Waals surface area (Å²) in [5.74, 6) is 1.08. The van der Waals surface area contributed by atoms with E-state index < -0.39 is 5.60 Å². The van der Waals surface area contributed by atoms with E-state index in [2.05, 4.69) is 28.2 Å². The van der Waals surface area contributed by atoms with Crippen LogP contribution in [0.3, 0.4) is 0 Å². The molecule has 1 saturated carbocycles. The van der Waals surface area contributed by atoms with E-state index >= 15 is 0 Å². The molecule has 1 aliphatic rings. The molecule has 0 aliphatic heterocycles. The van der Waals surface area contributed by atoms with E-state index in [0.29, 0.717) is 25.1 Å². The van der Waals surface area contributed by atoms with Crippen LogP contribution in [-0.2, 0) is 4.74 Å². The van der Waals surface area contributed by atoms with Gasteiger partial charge in [-0.05, 0) is 63.1 Å². The van der Waals surface area contributed by atoms with Gasteiger partial charge in [0.15, 0.2) is 0 Å². The summed E-state index contributed by atoms with van der Waals surface area (Å²) >= 11 is 1.68. The van der Waals surface area contributed by atoms with E-state index in [4.69, 9.17) is 4.74 Å². The highest BCUT2D eigenvalue weighted by Gasteiger charge is 2.29. The van der Waals surface area contributed by atoms with Crippen LogP contribution < -0.4 is 4.90 Å². The Bertz CT molecular complexity index is 992. The summed E-state index contributed by atoms with van der Waals surface area (Å²) in [4.78, 5) is 26.1. The molecule has 4 rings (SSSR count). The molecule has 1 fully saturated rings. The van der Waals surface area contributed by atoms with Gasteiger partial charge in [0.05, 0.1) is 0 Å². The predicted molar refractivity (Wildman–Crippen MR) is 130 cm³/mol. The lowest BCUT2D eigenvalue weighted by atomic mass is 9.89. The Labute approximate surface area is 194 Å². The first-order valence-corrected chi connectivity index (χ1v) is 12.2. The molecule has 0 spiro atoms. The topological polar surface area (TPSA) is 58.6 Å². The van der Waals surface area contributed by atoms with Crippen LogP contribution >= 0.6 is 11.3 Å². The number of aromatic nitrogens is 2. The van der Waals surface area contributed by atoms with Crippen molar-refractivity contribution >= 4 is 38.5 Å². The normalized spacial score (nSPS) is 15.0. The molecule has 2 heterocycles. The lowest BCUT2D eigenvalue weighted by Gasteiger charge is -2.34. The Morgan fingerprint density at radius 2 is 1.81 bits per heavy atom. The molecule has 7 heteroatoms. The van der Waals surface area contributed by atoms with Gasteiger partial charge < -0.3 is 4.74 Å². The summed E-state index contributed by atoms with van der Waals surface area (Å²) in [6.45, 7) is 6.76. The number of carbonyl (C=O) groups is 1. The van der Waals surface area contributed by atoms with Crippen LogP contribution in [0.15, 0.2) is 48.8 Å². The summed E-state index contributed by atoms with van der Waals surface area (Å²) in [6.07, 6.45) is 9.25. The molecule has 2 aromatic heterocycles. The zero-order valence-corrected chi connectivity index (χ0v) is 20.0. The van der Waals surface area contributed by atoms with Crippen LogP contribution in [0.4, 0.5) is 15.7 Å². The fourth-order valence-electron chi connectivity index (χ4n) is 4.13. The predicted octanol–water partition coefficient (Wildman–Crippen LogP) is 6.60. The molecule has 0 saturated heterocycles. The number of rotatable bonds is 6. The molecule has 1 aliphatic carbocycles. The van der Waals surface area contributed by atoms with E-state index in [1.165, 1.54) is 29.3 Å². The molecule has 6 nitrogen and oxygen atoms in total. The van der Waals surface area contributed by atoms with Gasteiger partial charge in [0.1, 0.15) is 17.3 Å². The number of nitrogens with zero attached hydrogens (tertiary/aromatic N) is 4. The molecule has 32 heavy (non-hydrogen) atoms. The molecule has 170 valence electrons. The standard InChI is InChI=1S/C25H32N4O2S/c1-25(2,3)31-24(30)28(17-19-10-5-4-6-11-19)18-29(23-26-14-9-15-27-23)22-16-20-12-7-8-13-21(20)32-22/h7-9,12-16,19H,4-6,10-11,17-18H2,1-3H3. The third-order valence-electron chi connectivity index (χ3n) is 5.64. The zero-order chi connectivity index (χ0) is 22.6. The number of amides is 1. The van der Waals surface area contributed by atoms with Gasteiger partial charge in [-0.15, -0.1) is 11.3 Å². The number of fused-ring (bicyclic) bond motifs is 1. The van der Waals surface area contributed by atoms with E-state index in [1.807, 2.05) is 42.7 Å². The van der Waals surface area contributed by atoms with Crippen molar-refractivity contribution in [1.82, 2.24) is 14.9 Å². The Balaban J connectivity index is 1.65. The van der Waals surface area contributed by atoms with E-state index in [9.17, 15) is 4.79 Å². The second-order valence-electron chi connectivity index (χ2n) is 9.45. The van der Waals surface area contributed by atoms with Gasteiger partial charge >= 0.3 is 6.09 Å². The summed E-state index contributed by atoms with van der Waals surface area (Å²) in [5.41, 5.74) is -0.548. The quantitative estimate of drug-likeness (QED) is 0.394. The van der Waals surface area contributed by atoms with Crippen LogP contribution in [-0.4, -0.2) is 39.8 Å². The third kappa shape index (κ3) is 5.76. The minimum Gasteiger partial charge on any atom is -0.444 e. The molecular weight excluding hydrogens is 420 g/mol. The van der Waals surface area contributed by atoms with Crippen LogP contribution in [0.2, 0.25) is 0 Å². The average molecular weight is 453 g/mol. The summed E-state index contributed by atoms with van der Waals surface area (Å²) in [6, 6.07) is 12.2. The molecule has 1 aromatic carbocycles. The average Bonchev–Trinajstić information content (AvgIpc) is 3.20. The van der Waals surface area contributed by atoms with Gasteiger partial charge in [-0.2, -0.15) is 0 Å². The molecule has 1 amide bonds. The summed E-state index contributed by atoms with van der Waals surface area (Å²) in [5, 5.41) is 2.18. The lowest BCUT2D eigenvalue weighted by molar-refractivity contribution is 0.0213. The second kappa shape index (κ2) is 9.86. The first-order valence-electron chi connectivity index (χ1n) is 11.4. The fourth-order valence-corrected chi connectivity index (χ4v) is 5.18. The van der Waals surface area contributed by atoms with E-state index in [1.54, 1.807) is 29.8 Å². The van der Waals surface area contributed by atoms with Crippen molar-refractivity contribution < 1.29 is 9.53 Å². The Morgan fingerprint density at radius 3 is 2.50 bits per heavy atom. The molecule has 0 atom stereocenters. The van der Waals surface area contributed by atoms with Crippen molar-refractivity contribution in [1.29, 1.82) is 0 Å². The number of benzene rings is 1. The minimum absolute atomic E-state index is 0.287. The summed E-state index contributed by atoms with van der Waals surface area (Å²) in [7, 11) is 0. The number of ether oxygens (including phenoxy) is 1. The van der Waals surface area contributed by atoms with Gasteiger partial charge in [-0.3, -0.25) is 9.80 Å². The molecule has 0 unspecified atom stereocenters. The number of carbonyl (C=O) groups excluding carboxylic acids is 1. The van der Waals surface area contributed by atoms with Crippen molar-refractivity contribution in [2.45, 2.75) is 58.5 Å². The molecule has 3 aromatic rings. The maximum atomic E-state index is 13.2. The highest BCUT2D eigenvalue weighted by molar-refractivity contribution is 7.22. The number of hydrogen-bond donors (Lipinski definition) is 0. The summed E-state index contributed by atoms with van der Waals surface area (Å²) < 4.78 is 6.99. The van der Waals surface area contributed by atoms with Gasteiger partial charge in [0.2, 0.25) is 5.95 Å². The molecular formula is C25H32N4O2S. The number of hydrogen-bond acceptors (Lipinski definition) is 6. The first-order chi connectivity index (χ1) is 15.4. The highest BCUT2D eigenvalue weighted by Crippen LogP contribution is 2.36. The molecule has 0 radical (unpaired) electrons. The van der Waals surface area contributed by atoms with E-state index in [0.717, 1.165) is 17.8 Å². The number of anilines is 2. The fraction of sp³-hybridized carbons (Fsp3) is 0.480. The second-order valence-corrected chi connectivity index (χ2v) is 10.5. The third-order valence-corrected chi connectivity index (χ3v) is 6.78. The Hall–Kier alpha value is -2.67. The molecule has 0 N–H and O–H groups in total. The van der Waals surface area contributed by atoms with Crippen molar-refractivity contribution in [3.8, 4) is 0 Å². The van der Waals surface area contributed by atoms with Crippen molar-refractivity contribution in [2.75, 3.05) is 18.1 Å². The lowest BCUT2D eigenvalue weighted by Crippen LogP contribution is -2.45. The Morgan fingerprint density at radius 1 is 1.09 bits per heavy atom. The van der Waals surface area contributed by atoms with Gasteiger partial charge in [0, 0.05) is 23.6 Å². The van der Waals surface area contributed by atoms with Crippen molar-refractivity contribution in [3.05, 3.63) is 48.8 Å². The SMILES string of the molecule is CC(C)(C)OC(=O)N(CC1CCCCC1)CN(c1ncccn1)c1cc2ccccc2s1. The van der Waals surface area contributed by atoms with Gasteiger partial charge in [-0.25, -0.2) is 14.8 Å². The largest absolute Gasteiger partial charge is 0.444 e. The smallest absolute Gasteiger partial charge is 0.411 e. The first kappa shape index (κ1) is 22.5. The molecule has 0 bridgehead atoms. The van der Waals surface area contributed by atoms with E-state index in [-0.39, 0.29) is 6.09 Å². The van der Waals surface area contributed by atoms with Crippen molar-refractivity contribution in [2.24, 2.45) is 5.92 Å². The van der Waals surface area contributed by atoms with Crippen LogP contribution in [0.25, 0.3) is 10.1 Å². The Kier molecular flexibility index (Phi) is 6.94. The van der Waals surface area contributed by atoms with Crippen LogP contribution in [0.5, 0.6) is 0 Å². The van der Waals surface area contributed by atoms with Gasteiger partial charge in [0.25, 0.3) is 0 Å². The highest BCUT2D eigenvalue weighted by atomic mass is 32.1. The van der Waals surface area contributed by atoms with Gasteiger partial charge in [-0.1, -0.05) is 37.5 Å². The maximum Gasteiger partial charge on any atom is 0.411 e. The van der Waals surface area contributed by atoms with Crippen LogP contribution in [0, 0.1) is 5.92 Å². The zero-order valence-electron chi connectivity index (χ0n) is 19.2. The maximum absolute atomic E-state index is 13.2. The van der Waals surface area contributed by atoms with Crippen LogP contribution in [0.1, 0.15) is 52.9 Å². The van der Waals surface area contributed by atoms with Crippen molar-refractivity contribution in [3.63, 3.8) is 0 Å². The number of thiophene rings is 1.